The van der Waals surface area contributed by atoms with Crippen LogP contribution in [0.3, 0.4) is 0 Å². The highest BCUT2D eigenvalue weighted by molar-refractivity contribution is 6.42. The molecule has 2 atom stereocenters. The Bertz CT molecular complexity index is 1130. The van der Waals surface area contributed by atoms with Crippen LogP contribution in [0.2, 0.25) is 10.0 Å². The lowest BCUT2D eigenvalue weighted by molar-refractivity contribution is 0.0176. The topological polar surface area (TPSA) is 29.5 Å². The molecule has 0 saturated heterocycles. The summed E-state index contributed by atoms with van der Waals surface area (Å²) in [4.78, 5) is 15.7. The number of nitrogens with zero attached hydrogens (tertiary/aromatic N) is 1. The number of benzene rings is 3. The fourth-order valence-corrected chi connectivity index (χ4v) is 4.54. The molecule has 0 unspecified atom stereocenters. The minimum absolute atomic E-state index is 0.0380. The van der Waals surface area contributed by atoms with Gasteiger partial charge >= 0.3 is 0 Å². The number of hydrogen-bond acceptors (Lipinski definition) is 2. The van der Waals surface area contributed by atoms with Crippen molar-refractivity contribution in [3.63, 3.8) is 0 Å². The van der Waals surface area contributed by atoms with E-state index in [1.165, 1.54) is 0 Å². The van der Waals surface area contributed by atoms with E-state index in [1.807, 2.05) is 60.4 Å². The van der Waals surface area contributed by atoms with Gasteiger partial charge in [0.05, 0.1) is 28.3 Å². The van der Waals surface area contributed by atoms with Crippen LogP contribution < -0.4 is 0 Å². The third-order valence-corrected chi connectivity index (χ3v) is 6.56. The van der Waals surface area contributed by atoms with Gasteiger partial charge in [0, 0.05) is 19.0 Å². The Kier molecular flexibility index (Phi) is 6.66. The molecule has 3 aromatic rings. The highest BCUT2D eigenvalue weighted by atomic mass is 35.5. The van der Waals surface area contributed by atoms with Crippen molar-refractivity contribution in [2.24, 2.45) is 0 Å². The molecular formula is C26H25Cl2NO2. The maximum Gasteiger partial charge on any atom is 0.254 e. The van der Waals surface area contributed by atoms with Gasteiger partial charge in [-0.1, -0.05) is 71.7 Å². The molecule has 0 saturated carbocycles. The Morgan fingerprint density at radius 2 is 1.97 bits per heavy atom. The second-order valence-corrected chi connectivity index (χ2v) is 8.86. The van der Waals surface area contributed by atoms with Crippen molar-refractivity contribution in [2.45, 2.75) is 32.0 Å². The SMILES string of the molecule is C=CC[C@H](CN1C[C@@H](C)OCc2ccc3ccccc3c2C1=O)c1ccc(Cl)c(Cl)c1. The average Bonchev–Trinajstić information content (AvgIpc) is 2.77. The number of amides is 1. The molecule has 0 bridgehead atoms. The van der Waals surface area contributed by atoms with Crippen LogP contribution in [0.25, 0.3) is 10.8 Å². The molecule has 0 aliphatic carbocycles. The summed E-state index contributed by atoms with van der Waals surface area (Å²) < 4.78 is 6.07. The van der Waals surface area contributed by atoms with Gasteiger partial charge in [-0.05, 0) is 47.4 Å². The van der Waals surface area contributed by atoms with Crippen molar-refractivity contribution in [3.8, 4) is 0 Å². The van der Waals surface area contributed by atoms with Gasteiger partial charge < -0.3 is 9.64 Å². The number of fused-ring (bicyclic) bond motifs is 3. The van der Waals surface area contributed by atoms with E-state index in [0.29, 0.717) is 29.7 Å². The van der Waals surface area contributed by atoms with E-state index in [9.17, 15) is 4.79 Å². The predicted octanol–water partition coefficient (Wildman–Crippen LogP) is 6.87. The van der Waals surface area contributed by atoms with Crippen molar-refractivity contribution >= 4 is 39.9 Å². The fraction of sp³-hybridized carbons (Fsp3) is 0.269. The van der Waals surface area contributed by atoms with E-state index in [4.69, 9.17) is 27.9 Å². The van der Waals surface area contributed by atoms with Crippen molar-refractivity contribution in [1.29, 1.82) is 0 Å². The van der Waals surface area contributed by atoms with Gasteiger partial charge in [-0.3, -0.25) is 4.79 Å². The lowest BCUT2D eigenvalue weighted by Crippen LogP contribution is -2.42. The van der Waals surface area contributed by atoms with E-state index in [-0.39, 0.29) is 17.9 Å². The van der Waals surface area contributed by atoms with E-state index in [2.05, 4.69) is 12.6 Å². The third-order valence-electron chi connectivity index (χ3n) is 5.82. The second kappa shape index (κ2) is 9.44. The van der Waals surface area contributed by atoms with Gasteiger partial charge in [0.1, 0.15) is 0 Å². The molecule has 0 N–H and O–H groups in total. The molecule has 0 fully saturated rings. The Balaban J connectivity index is 1.74. The number of ether oxygens (including phenoxy) is 1. The standard InChI is InChI=1S/C26H25Cl2NO2/c1-3-6-20(19-11-12-23(27)24(28)13-19)15-29-14-17(2)31-16-21-10-9-18-7-4-5-8-22(18)25(21)26(29)30/h3-5,7-13,17,20H,1,6,14-16H2,2H3/t17-,20-/m1/s1. The maximum absolute atomic E-state index is 13.8. The lowest BCUT2D eigenvalue weighted by atomic mass is 9.93. The van der Waals surface area contributed by atoms with Crippen molar-refractivity contribution in [1.82, 2.24) is 4.90 Å². The molecule has 3 nitrogen and oxygen atoms in total. The van der Waals surface area contributed by atoms with E-state index in [0.717, 1.165) is 33.9 Å². The monoisotopic (exact) mass is 453 g/mol. The van der Waals surface area contributed by atoms with Crippen LogP contribution in [0, 0.1) is 0 Å². The molecule has 3 aromatic carbocycles. The first-order chi connectivity index (χ1) is 15.0. The summed E-state index contributed by atoms with van der Waals surface area (Å²) in [5.74, 6) is 0.0948. The minimum atomic E-state index is -0.0678. The van der Waals surface area contributed by atoms with Crippen molar-refractivity contribution in [2.75, 3.05) is 13.1 Å². The summed E-state index contributed by atoms with van der Waals surface area (Å²) in [6.45, 7) is 7.42. The van der Waals surface area contributed by atoms with Crippen LogP contribution in [-0.2, 0) is 11.3 Å². The second-order valence-electron chi connectivity index (χ2n) is 8.05. The Morgan fingerprint density at radius 3 is 2.74 bits per heavy atom. The zero-order chi connectivity index (χ0) is 22.0. The quantitative estimate of drug-likeness (QED) is 0.394. The van der Waals surface area contributed by atoms with Crippen LogP contribution in [-0.4, -0.2) is 30.0 Å². The summed E-state index contributed by atoms with van der Waals surface area (Å²) in [7, 11) is 0. The molecule has 4 rings (SSSR count). The van der Waals surface area contributed by atoms with Crippen LogP contribution in [0.5, 0.6) is 0 Å². The Labute approximate surface area is 193 Å². The van der Waals surface area contributed by atoms with Gasteiger partial charge in [-0.2, -0.15) is 0 Å². The molecule has 1 aliphatic heterocycles. The Hall–Kier alpha value is -2.33. The van der Waals surface area contributed by atoms with Gasteiger partial charge in [0.25, 0.3) is 5.91 Å². The average molecular weight is 454 g/mol. The van der Waals surface area contributed by atoms with Crippen molar-refractivity contribution < 1.29 is 9.53 Å². The first-order valence-electron chi connectivity index (χ1n) is 10.4. The highest BCUT2D eigenvalue weighted by Crippen LogP contribution is 2.31. The highest BCUT2D eigenvalue weighted by Gasteiger charge is 2.28. The first kappa shape index (κ1) is 21.9. The summed E-state index contributed by atoms with van der Waals surface area (Å²) in [6.07, 6.45) is 2.53. The molecule has 0 aromatic heterocycles. The molecule has 0 spiro atoms. The van der Waals surface area contributed by atoms with E-state index in [1.54, 1.807) is 6.07 Å². The number of rotatable bonds is 5. The number of halogens is 2. The molecule has 31 heavy (non-hydrogen) atoms. The van der Waals surface area contributed by atoms with Crippen LogP contribution in [0.15, 0.2) is 67.3 Å². The smallest absolute Gasteiger partial charge is 0.254 e. The van der Waals surface area contributed by atoms with Gasteiger partial charge in [-0.25, -0.2) is 0 Å². The zero-order valence-electron chi connectivity index (χ0n) is 17.5. The maximum atomic E-state index is 13.8. The molecule has 1 amide bonds. The van der Waals surface area contributed by atoms with Gasteiger partial charge in [0.15, 0.2) is 0 Å². The minimum Gasteiger partial charge on any atom is -0.372 e. The fourth-order valence-electron chi connectivity index (χ4n) is 4.23. The van der Waals surface area contributed by atoms with Crippen LogP contribution in [0.1, 0.15) is 40.7 Å². The zero-order valence-corrected chi connectivity index (χ0v) is 19.0. The molecular weight excluding hydrogens is 429 g/mol. The molecule has 1 heterocycles. The van der Waals surface area contributed by atoms with Crippen molar-refractivity contribution in [3.05, 3.63) is 94.0 Å². The molecule has 5 heteroatoms. The van der Waals surface area contributed by atoms with Crippen LogP contribution in [0.4, 0.5) is 0 Å². The largest absolute Gasteiger partial charge is 0.372 e. The molecule has 1 aliphatic rings. The third kappa shape index (κ3) is 4.64. The number of hydrogen-bond donors (Lipinski definition) is 0. The normalized spacial score (nSPS) is 17.7. The predicted molar refractivity (Wildman–Crippen MR) is 128 cm³/mol. The molecule has 0 radical (unpaired) electrons. The van der Waals surface area contributed by atoms with Gasteiger partial charge in [0.2, 0.25) is 0 Å². The van der Waals surface area contributed by atoms with E-state index < -0.39 is 0 Å². The number of carbonyl (C=O) groups excluding carboxylic acids is 1. The summed E-state index contributed by atoms with van der Waals surface area (Å²) in [5, 5.41) is 3.05. The lowest BCUT2D eigenvalue weighted by Gasteiger charge is -2.33. The summed E-state index contributed by atoms with van der Waals surface area (Å²) >= 11 is 12.4. The summed E-state index contributed by atoms with van der Waals surface area (Å²) in [5.41, 5.74) is 2.70. The number of allylic oxidation sites excluding steroid dienone is 1. The Morgan fingerprint density at radius 1 is 1.16 bits per heavy atom. The number of carbonyl (C=O) groups is 1. The summed E-state index contributed by atoms with van der Waals surface area (Å²) in [6, 6.07) is 17.7. The first-order valence-corrected chi connectivity index (χ1v) is 11.2. The van der Waals surface area contributed by atoms with Gasteiger partial charge in [-0.15, -0.1) is 6.58 Å². The molecule has 160 valence electrons. The van der Waals surface area contributed by atoms with E-state index >= 15 is 0 Å². The van der Waals surface area contributed by atoms with Crippen LogP contribution >= 0.6 is 23.2 Å².